The van der Waals surface area contributed by atoms with E-state index in [4.69, 9.17) is 17.5 Å². The van der Waals surface area contributed by atoms with Gasteiger partial charge in [0.2, 0.25) is 0 Å². The number of unbranched alkanes of at least 4 members (excludes halogenated alkanes) is 15. The van der Waals surface area contributed by atoms with Gasteiger partial charge in [-0.2, -0.15) is 8.42 Å². The molecule has 0 spiro atoms. The minimum absolute atomic E-state index is 1.37. The molecule has 0 atom stereocenters. The molecule has 0 unspecified atom stereocenters. The standard InChI is InChI=1S/C18H37.Li.H2O4S/c1-3-5-7-9-11-13-15-17-18-16-14-12-10-8-6-4-2;;1-5(2,3)4/h1,3-18H2,2H3;;(H2,1,2,3,4). The van der Waals surface area contributed by atoms with Gasteiger partial charge in [0.25, 0.3) is 0 Å². The van der Waals surface area contributed by atoms with Crippen molar-refractivity contribution in [2.24, 2.45) is 0 Å². The zero-order valence-corrected chi connectivity index (χ0v) is 17.0. The van der Waals surface area contributed by atoms with Crippen LogP contribution < -0.4 is 0 Å². The summed E-state index contributed by atoms with van der Waals surface area (Å²) in [6.07, 6.45) is 23.5. The summed E-state index contributed by atoms with van der Waals surface area (Å²) >= 11 is 2.30. The van der Waals surface area contributed by atoms with Crippen LogP contribution in [0.15, 0.2) is 0 Å². The summed E-state index contributed by atoms with van der Waals surface area (Å²) in [6.45, 7) is 2.30. The first-order valence-corrected chi connectivity index (χ1v) is 11.5. The number of hydrogen-bond acceptors (Lipinski definition) is 2. The molecule has 6 heteroatoms. The van der Waals surface area contributed by atoms with Gasteiger partial charge in [-0.15, -0.1) is 0 Å². The van der Waals surface area contributed by atoms with Crippen molar-refractivity contribution in [3.63, 3.8) is 0 Å². The normalized spacial score (nSPS) is 11.2. The molecule has 142 valence electrons. The molecule has 0 aliphatic carbocycles. The van der Waals surface area contributed by atoms with Gasteiger partial charge in [0.05, 0.1) is 0 Å². The molecule has 0 aliphatic heterocycles. The molecule has 2 N–H and O–H groups in total. The van der Waals surface area contributed by atoms with E-state index in [0.29, 0.717) is 0 Å². The second-order valence-electron chi connectivity index (χ2n) is 6.75. The second kappa shape index (κ2) is 21.5. The minimum atomic E-state index is -4.67. The molecule has 0 amide bonds. The molecular formula is C18H39LiO4S. The third kappa shape index (κ3) is 38.2. The van der Waals surface area contributed by atoms with Crippen LogP contribution in [0.4, 0.5) is 0 Å². The van der Waals surface area contributed by atoms with E-state index in [0.717, 1.165) is 0 Å². The average molecular weight is 359 g/mol. The van der Waals surface area contributed by atoms with Gasteiger partial charge in [-0.1, -0.05) is 39.0 Å². The Balaban J connectivity index is 0. The molecule has 0 aromatic rings. The zero-order chi connectivity index (χ0) is 18.5. The summed E-state index contributed by atoms with van der Waals surface area (Å²) in [7, 11) is -4.67. The van der Waals surface area contributed by atoms with E-state index in [-0.39, 0.29) is 0 Å². The third-order valence-electron chi connectivity index (χ3n) is 4.21. The van der Waals surface area contributed by atoms with Gasteiger partial charge in [-0.3, -0.25) is 9.11 Å². The SMILES string of the molecule is O=S(=O)(O)O.[Li][CH2]CCCCCCCCCCCCCCCCC. The second-order valence-corrected chi connectivity index (χ2v) is 7.65. The molecule has 0 heterocycles. The number of rotatable bonds is 16. The van der Waals surface area contributed by atoms with Crippen molar-refractivity contribution in [2.45, 2.75) is 115 Å². The molecule has 0 aliphatic rings. The van der Waals surface area contributed by atoms with E-state index in [1.165, 1.54) is 108 Å². The van der Waals surface area contributed by atoms with E-state index in [9.17, 15) is 0 Å². The van der Waals surface area contributed by atoms with Crippen LogP contribution in [-0.2, 0) is 10.4 Å². The van der Waals surface area contributed by atoms with Crippen LogP contribution in [-0.4, -0.2) is 35.2 Å². The van der Waals surface area contributed by atoms with Gasteiger partial charge in [0.15, 0.2) is 0 Å². The van der Waals surface area contributed by atoms with E-state index in [1.54, 1.807) is 0 Å². The monoisotopic (exact) mass is 358 g/mol. The van der Waals surface area contributed by atoms with E-state index in [2.05, 4.69) is 24.6 Å². The molecular weight excluding hydrogens is 319 g/mol. The Morgan fingerprint density at radius 1 is 0.583 bits per heavy atom. The van der Waals surface area contributed by atoms with Gasteiger partial charge in [-0.25, -0.2) is 0 Å². The Morgan fingerprint density at radius 2 is 0.792 bits per heavy atom. The first-order chi connectivity index (χ1) is 11.4. The summed E-state index contributed by atoms with van der Waals surface area (Å²) in [6, 6.07) is 0. The topological polar surface area (TPSA) is 74.6 Å². The van der Waals surface area contributed by atoms with Crippen molar-refractivity contribution in [2.75, 3.05) is 0 Å². The van der Waals surface area contributed by atoms with Crippen LogP contribution in [0.2, 0.25) is 5.09 Å². The predicted molar refractivity (Wildman–Crippen MR) is 104 cm³/mol. The Morgan fingerprint density at radius 3 is 1.00 bits per heavy atom. The van der Waals surface area contributed by atoms with Crippen molar-refractivity contribution in [3.8, 4) is 0 Å². The van der Waals surface area contributed by atoms with Crippen molar-refractivity contribution >= 4 is 28.1 Å². The van der Waals surface area contributed by atoms with Crippen molar-refractivity contribution in [3.05, 3.63) is 0 Å². The summed E-state index contributed by atoms with van der Waals surface area (Å²) in [4.78, 5) is 0. The smallest absolute Gasteiger partial charge is 0.0654 e. The molecule has 0 saturated heterocycles. The molecule has 4 nitrogen and oxygen atoms in total. The summed E-state index contributed by atoms with van der Waals surface area (Å²) in [5.74, 6) is 0. The predicted octanol–water partition coefficient (Wildman–Crippen LogP) is 6.18. The van der Waals surface area contributed by atoms with Crippen LogP contribution in [0.1, 0.15) is 110 Å². The average Bonchev–Trinajstić information content (AvgIpc) is 2.49. The molecule has 0 aromatic heterocycles. The van der Waals surface area contributed by atoms with Crippen molar-refractivity contribution in [1.29, 1.82) is 0 Å². The molecule has 0 radical (unpaired) electrons. The fourth-order valence-corrected chi connectivity index (χ4v) is 2.80. The Kier molecular flexibility index (Phi) is 23.9. The molecule has 0 bridgehead atoms. The fraction of sp³-hybridized carbons (Fsp3) is 1.00. The van der Waals surface area contributed by atoms with Crippen LogP contribution in [0.25, 0.3) is 0 Å². The summed E-state index contributed by atoms with van der Waals surface area (Å²) < 4.78 is 31.6. The Hall–Kier alpha value is 0.467. The quantitative estimate of drug-likeness (QED) is 0.196. The molecule has 24 heavy (non-hydrogen) atoms. The fourth-order valence-electron chi connectivity index (χ4n) is 2.80. The zero-order valence-electron chi connectivity index (χ0n) is 16.1. The molecule has 0 rings (SSSR count). The first kappa shape index (κ1) is 26.7. The summed E-state index contributed by atoms with van der Waals surface area (Å²) in [5.41, 5.74) is 0. The third-order valence-corrected chi connectivity index (χ3v) is 4.21. The van der Waals surface area contributed by atoms with Crippen LogP contribution in [0, 0.1) is 0 Å². The summed E-state index contributed by atoms with van der Waals surface area (Å²) in [5, 5.41) is 1.37. The maximum atomic E-state index is 8.74. The van der Waals surface area contributed by atoms with Crippen LogP contribution in [0.5, 0.6) is 0 Å². The molecule has 0 saturated carbocycles. The first-order valence-electron chi connectivity index (χ1n) is 10.1. The van der Waals surface area contributed by atoms with Crippen molar-refractivity contribution < 1.29 is 17.5 Å². The van der Waals surface area contributed by atoms with E-state index < -0.39 is 10.4 Å². The molecule has 0 fully saturated rings. The Labute approximate surface area is 160 Å². The molecule has 0 aromatic carbocycles. The van der Waals surface area contributed by atoms with E-state index >= 15 is 0 Å². The minimum Gasteiger partial charge on any atom is -0.0654 e. The van der Waals surface area contributed by atoms with Gasteiger partial charge < -0.3 is 0 Å². The van der Waals surface area contributed by atoms with E-state index in [1.807, 2.05) is 0 Å². The van der Waals surface area contributed by atoms with Gasteiger partial charge in [0, 0.05) is 0 Å². The van der Waals surface area contributed by atoms with Gasteiger partial charge in [0.1, 0.15) is 0 Å². The van der Waals surface area contributed by atoms with Crippen LogP contribution >= 0.6 is 0 Å². The van der Waals surface area contributed by atoms with Crippen LogP contribution in [0.3, 0.4) is 0 Å². The Bertz CT molecular complexity index is 297. The maximum absolute atomic E-state index is 8.74. The van der Waals surface area contributed by atoms with Gasteiger partial charge in [-0.05, 0) is 0 Å². The number of hydrogen-bond donors (Lipinski definition) is 2. The van der Waals surface area contributed by atoms with Crippen molar-refractivity contribution in [1.82, 2.24) is 0 Å². The van der Waals surface area contributed by atoms with Gasteiger partial charge >= 0.3 is 104 Å².